The Labute approximate surface area is 121 Å². The monoisotopic (exact) mass is 291 g/mol. The highest BCUT2D eigenvalue weighted by atomic mass is 35.5. The Morgan fingerprint density at radius 1 is 1.25 bits per heavy atom. The summed E-state index contributed by atoms with van der Waals surface area (Å²) < 4.78 is 1.77. The number of aromatic nitrogens is 1. The molecule has 1 aromatic carbocycles. The molecule has 0 bridgehead atoms. The molecular weight excluding hydrogens is 278 g/mol. The molecule has 3 N–H and O–H groups in total. The van der Waals surface area contributed by atoms with Gasteiger partial charge in [-0.1, -0.05) is 11.6 Å². The topological polar surface area (TPSA) is 77.1 Å². The number of rotatable bonds is 4. The van der Waals surface area contributed by atoms with Gasteiger partial charge in [-0.3, -0.25) is 9.59 Å². The molecule has 0 fully saturated rings. The summed E-state index contributed by atoms with van der Waals surface area (Å²) in [4.78, 5) is 22.8. The Bertz CT molecular complexity index is 662. The second-order valence-corrected chi connectivity index (χ2v) is 4.74. The lowest BCUT2D eigenvalue weighted by atomic mass is 10.2. The van der Waals surface area contributed by atoms with E-state index >= 15 is 0 Å². The molecular formula is C14H14ClN3O2. The van der Waals surface area contributed by atoms with Crippen LogP contribution in [0.2, 0.25) is 5.02 Å². The molecule has 2 aromatic rings. The maximum Gasteiger partial charge on any atom is 0.226 e. The van der Waals surface area contributed by atoms with Gasteiger partial charge < -0.3 is 15.6 Å². The van der Waals surface area contributed by atoms with Crippen molar-refractivity contribution in [2.45, 2.75) is 13.0 Å². The number of aryl methyl sites for hydroxylation is 1. The molecule has 0 atom stereocenters. The third-order valence-corrected chi connectivity index (χ3v) is 2.98. The van der Waals surface area contributed by atoms with Gasteiger partial charge in [-0.25, -0.2) is 0 Å². The molecule has 0 unspecified atom stereocenters. The van der Waals surface area contributed by atoms with Gasteiger partial charge in [0, 0.05) is 42.5 Å². The molecule has 20 heavy (non-hydrogen) atoms. The zero-order valence-electron chi connectivity index (χ0n) is 10.7. The molecule has 0 spiro atoms. The van der Waals surface area contributed by atoms with E-state index in [9.17, 15) is 9.59 Å². The van der Waals surface area contributed by atoms with E-state index in [4.69, 9.17) is 17.3 Å². The lowest BCUT2D eigenvalue weighted by Crippen LogP contribution is -2.15. The molecule has 0 aliphatic carbocycles. The van der Waals surface area contributed by atoms with Crippen LogP contribution < -0.4 is 16.5 Å². The van der Waals surface area contributed by atoms with Crippen LogP contribution in [0.25, 0.3) is 0 Å². The summed E-state index contributed by atoms with van der Waals surface area (Å²) in [7, 11) is 0. The van der Waals surface area contributed by atoms with E-state index in [1.54, 1.807) is 35.2 Å². The number of nitrogens with one attached hydrogen (secondary N) is 1. The number of hydrogen-bond donors (Lipinski definition) is 2. The summed E-state index contributed by atoms with van der Waals surface area (Å²) in [6, 6.07) is 7.81. The minimum absolute atomic E-state index is 0.0559. The minimum Gasteiger partial charge on any atom is -0.397 e. The van der Waals surface area contributed by atoms with Crippen molar-refractivity contribution in [1.29, 1.82) is 0 Å². The van der Waals surface area contributed by atoms with Crippen LogP contribution >= 0.6 is 11.6 Å². The first kappa shape index (κ1) is 14.1. The predicted octanol–water partition coefficient (Wildman–Crippen LogP) is 2.11. The van der Waals surface area contributed by atoms with Gasteiger partial charge in [0.05, 0.1) is 11.4 Å². The minimum atomic E-state index is -0.155. The fourth-order valence-corrected chi connectivity index (χ4v) is 1.86. The van der Waals surface area contributed by atoms with Crippen molar-refractivity contribution < 1.29 is 4.79 Å². The van der Waals surface area contributed by atoms with Crippen molar-refractivity contribution in [2.75, 3.05) is 11.1 Å². The van der Waals surface area contributed by atoms with Gasteiger partial charge in [-0.05, 0) is 18.2 Å². The lowest BCUT2D eigenvalue weighted by Gasteiger charge is -2.09. The fraction of sp³-hybridized carbons (Fsp3) is 0.143. The second kappa shape index (κ2) is 6.25. The first-order chi connectivity index (χ1) is 9.54. The van der Waals surface area contributed by atoms with Crippen LogP contribution in [0.5, 0.6) is 0 Å². The van der Waals surface area contributed by atoms with E-state index in [2.05, 4.69) is 5.32 Å². The van der Waals surface area contributed by atoms with Crippen molar-refractivity contribution in [3.8, 4) is 0 Å². The van der Waals surface area contributed by atoms with Crippen molar-refractivity contribution in [3.63, 3.8) is 0 Å². The summed E-state index contributed by atoms with van der Waals surface area (Å²) in [6.07, 6.45) is 3.57. The maximum absolute atomic E-state index is 11.8. The Kier molecular flexibility index (Phi) is 4.42. The number of benzene rings is 1. The fourth-order valence-electron chi connectivity index (χ4n) is 1.68. The molecule has 0 saturated carbocycles. The average Bonchev–Trinajstić information content (AvgIpc) is 2.41. The number of anilines is 2. The van der Waals surface area contributed by atoms with Crippen LogP contribution in [0.1, 0.15) is 6.42 Å². The normalized spacial score (nSPS) is 10.2. The van der Waals surface area contributed by atoms with Crippen LogP contribution in [0.3, 0.4) is 0 Å². The summed E-state index contributed by atoms with van der Waals surface area (Å²) in [5, 5.41) is 3.24. The number of halogens is 1. The first-order valence-electron chi connectivity index (χ1n) is 6.05. The Morgan fingerprint density at radius 2 is 1.95 bits per heavy atom. The largest absolute Gasteiger partial charge is 0.397 e. The third kappa shape index (κ3) is 3.86. The summed E-state index contributed by atoms with van der Waals surface area (Å²) >= 11 is 5.79. The average molecular weight is 292 g/mol. The Hall–Kier alpha value is -2.27. The number of nitrogens with two attached hydrogens (primary N) is 1. The molecule has 5 nitrogen and oxygen atoms in total. The standard InChI is InChI=1S/C14H14ClN3O2/c15-10-1-2-13(12(16)9-10)17-14(20)5-8-18-6-3-11(19)4-7-18/h1-4,6-7,9H,5,8,16H2,(H,17,20). The van der Waals surface area contributed by atoms with Crippen molar-refractivity contribution in [2.24, 2.45) is 0 Å². The number of carbonyl (C=O) groups excluding carboxylic acids is 1. The molecule has 6 heteroatoms. The van der Waals surface area contributed by atoms with Crippen molar-refractivity contribution >= 4 is 28.9 Å². The zero-order valence-corrected chi connectivity index (χ0v) is 11.4. The molecule has 1 amide bonds. The first-order valence-corrected chi connectivity index (χ1v) is 6.43. The number of amides is 1. The highest BCUT2D eigenvalue weighted by molar-refractivity contribution is 6.31. The Morgan fingerprint density at radius 3 is 2.60 bits per heavy atom. The van der Waals surface area contributed by atoms with Gasteiger partial charge >= 0.3 is 0 Å². The number of pyridine rings is 1. The van der Waals surface area contributed by atoms with Crippen molar-refractivity contribution in [3.05, 3.63) is 58.0 Å². The number of carbonyl (C=O) groups is 1. The lowest BCUT2D eigenvalue weighted by molar-refractivity contribution is -0.116. The number of nitrogens with zero attached hydrogens (tertiary/aromatic N) is 1. The maximum atomic E-state index is 11.8. The van der Waals surface area contributed by atoms with Gasteiger partial charge in [0.1, 0.15) is 0 Å². The van der Waals surface area contributed by atoms with Gasteiger partial charge in [0.15, 0.2) is 5.43 Å². The number of nitrogen functional groups attached to an aromatic ring is 1. The van der Waals surface area contributed by atoms with E-state index in [1.165, 1.54) is 12.1 Å². The van der Waals surface area contributed by atoms with E-state index in [0.29, 0.717) is 22.9 Å². The summed E-state index contributed by atoms with van der Waals surface area (Å²) in [5.41, 5.74) is 6.66. The quantitative estimate of drug-likeness (QED) is 0.847. The third-order valence-electron chi connectivity index (χ3n) is 2.75. The van der Waals surface area contributed by atoms with Crippen LogP contribution in [-0.4, -0.2) is 10.5 Å². The van der Waals surface area contributed by atoms with Gasteiger partial charge in [-0.2, -0.15) is 0 Å². The highest BCUT2D eigenvalue weighted by Gasteiger charge is 2.05. The highest BCUT2D eigenvalue weighted by Crippen LogP contribution is 2.22. The zero-order chi connectivity index (χ0) is 14.5. The molecule has 104 valence electrons. The SMILES string of the molecule is Nc1cc(Cl)ccc1NC(=O)CCn1ccc(=O)cc1. The van der Waals surface area contributed by atoms with Crippen LogP contribution in [0.15, 0.2) is 47.5 Å². The van der Waals surface area contributed by atoms with Gasteiger partial charge in [-0.15, -0.1) is 0 Å². The van der Waals surface area contributed by atoms with Gasteiger partial charge in [0.25, 0.3) is 0 Å². The predicted molar refractivity (Wildman–Crippen MR) is 79.8 cm³/mol. The Balaban J connectivity index is 1.92. The van der Waals surface area contributed by atoms with Crippen LogP contribution in [-0.2, 0) is 11.3 Å². The van der Waals surface area contributed by atoms with E-state index in [0.717, 1.165) is 0 Å². The van der Waals surface area contributed by atoms with E-state index in [1.807, 2.05) is 0 Å². The molecule has 2 rings (SSSR count). The van der Waals surface area contributed by atoms with Crippen LogP contribution in [0, 0.1) is 0 Å². The van der Waals surface area contributed by atoms with Crippen LogP contribution in [0.4, 0.5) is 11.4 Å². The summed E-state index contributed by atoms with van der Waals surface area (Å²) in [6.45, 7) is 0.486. The van der Waals surface area contributed by atoms with Gasteiger partial charge in [0.2, 0.25) is 5.91 Å². The molecule has 0 aliphatic heterocycles. The van der Waals surface area contributed by atoms with E-state index < -0.39 is 0 Å². The molecule has 1 aromatic heterocycles. The number of hydrogen-bond acceptors (Lipinski definition) is 3. The van der Waals surface area contributed by atoms with Crippen molar-refractivity contribution in [1.82, 2.24) is 4.57 Å². The summed E-state index contributed by atoms with van der Waals surface area (Å²) in [5.74, 6) is -0.155. The molecule has 1 heterocycles. The molecule has 0 saturated heterocycles. The van der Waals surface area contributed by atoms with E-state index in [-0.39, 0.29) is 17.8 Å². The molecule has 0 aliphatic rings. The second-order valence-electron chi connectivity index (χ2n) is 4.30. The molecule has 0 radical (unpaired) electrons. The smallest absolute Gasteiger partial charge is 0.226 e.